The lowest BCUT2D eigenvalue weighted by molar-refractivity contribution is -0.117. The number of halogens is 3. The standard InChI is InChI=1S/C24H26N4O2.C18H19BrN2O2.C12H19BN2O2.C12H14BrNO2.C6H6ClN/c1-15-10-11-25-23(12-15)30-24-20(18-13-26-27(14-18)19-5-6-19)8-9-22-21(24)7-4-16(2)28(22)17(3)29;1-11-8-9-20-17(10-11)23-18-14-5-4-12(2)21(13(3)22)16(14)7-6-15(18)19;1-11(2)12(3,4)17-13(16-11)9-7-14-15(8-9)10-5-6-10;1-7-3-4-9-11(14(7)8(2)15)6-5-10(13)12(9)16;1-5-2-3-8-6(7)4-5/h8-14,16,19H,4-7H2,1-3H3;6-10,12H,4-5H2,1-3H3;7-8,10H,5-6H2,1-4H3;5-7,16H,3-4H2,1-2H3;2-4H,1H3/t16-;12-;;7-;/m00.0./s1. The smallest absolute Gasteiger partial charge is 0.498 e. The topological polar surface area (TPSA) is 192 Å². The Morgan fingerprint density at radius 1 is 0.564 bits per heavy atom. The number of nitrogens with zero attached hydrogens (tertiary/aromatic N) is 10. The maximum Gasteiger partial charge on any atom is 0.498 e. The van der Waals surface area contributed by atoms with E-state index in [-0.39, 0.29) is 59.9 Å². The number of anilines is 3. The molecular weight excluding hydrogens is 1340 g/mol. The van der Waals surface area contributed by atoms with Gasteiger partial charge in [-0.15, -0.1) is 0 Å². The van der Waals surface area contributed by atoms with Gasteiger partial charge in [-0.25, -0.2) is 15.0 Å². The van der Waals surface area contributed by atoms with E-state index in [0.29, 0.717) is 33.5 Å². The minimum atomic E-state index is -0.285. The number of hydrogen-bond acceptors (Lipinski definition) is 13. The number of ether oxygens (including phenoxy) is 2. The molecule has 2 saturated carbocycles. The third-order valence-corrected chi connectivity index (χ3v) is 19.6. The Labute approximate surface area is 574 Å². The predicted molar refractivity (Wildman–Crippen MR) is 377 cm³/mol. The summed E-state index contributed by atoms with van der Waals surface area (Å²) >= 11 is 12.4. The second-order valence-electron chi connectivity index (χ2n) is 26.3. The summed E-state index contributed by atoms with van der Waals surface area (Å²) in [5.41, 5.74) is 11.5. The fraction of sp³-hybridized carbons (Fsp3) is 0.417. The number of aryl methyl sites for hydroxylation is 3. The van der Waals surface area contributed by atoms with Crippen molar-refractivity contribution in [2.45, 2.75) is 196 Å². The number of amides is 3. The molecule has 5 aromatic heterocycles. The fourth-order valence-electron chi connectivity index (χ4n) is 12.1. The molecule has 3 aromatic carbocycles. The number of carbonyl (C=O) groups excluding carboxylic acids is 3. The van der Waals surface area contributed by atoms with Gasteiger partial charge in [0.25, 0.3) is 0 Å². The highest BCUT2D eigenvalue weighted by Crippen LogP contribution is 2.47. The zero-order chi connectivity index (χ0) is 67.5. The van der Waals surface area contributed by atoms with Crippen molar-refractivity contribution in [3.8, 4) is 40.1 Å². The monoisotopic (exact) mass is 1420 g/mol. The Hall–Kier alpha value is -7.43. The van der Waals surface area contributed by atoms with Crippen LogP contribution in [0.1, 0.15) is 160 Å². The van der Waals surface area contributed by atoms with Crippen molar-refractivity contribution in [3.05, 3.63) is 164 Å². The average molecular weight is 1420 g/mol. The van der Waals surface area contributed by atoms with E-state index in [9.17, 15) is 19.5 Å². The third kappa shape index (κ3) is 16.1. The van der Waals surface area contributed by atoms with Crippen molar-refractivity contribution in [3.63, 3.8) is 0 Å². The summed E-state index contributed by atoms with van der Waals surface area (Å²) < 4.78 is 30.1. The Morgan fingerprint density at radius 3 is 1.46 bits per heavy atom. The molecule has 0 spiro atoms. The molecule has 3 amide bonds. The molecule has 14 rings (SSSR count). The van der Waals surface area contributed by atoms with Crippen LogP contribution in [0.3, 0.4) is 0 Å². The number of pyridine rings is 3. The Morgan fingerprint density at radius 2 is 0.989 bits per heavy atom. The van der Waals surface area contributed by atoms with E-state index < -0.39 is 0 Å². The normalized spacial score (nSPS) is 18.8. The van der Waals surface area contributed by atoms with Crippen LogP contribution in [0.4, 0.5) is 17.1 Å². The van der Waals surface area contributed by atoms with Gasteiger partial charge < -0.3 is 38.6 Å². The van der Waals surface area contributed by atoms with Crippen LogP contribution in [0, 0.1) is 20.8 Å². The van der Waals surface area contributed by atoms with Gasteiger partial charge in [0.15, 0.2) is 0 Å². The second-order valence-corrected chi connectivity index (χ2v) is 28.4. The van der Waals surface area contributed by atoms with Crippen molar-refractivity contribution in [1.82, 2.24) is 34.5 Å². The van der Waals surface area contributed by atoms with Crippen molar-refractivity contribution >= 4 is 90.8 Å². The molecule has 94 heavy (non-hydrogen) atoms. The summed E-state index contributed by atoms with van der Waals surface area (Å²) in [6, 6.07) is 24.8. The number of aromatic nitrogens is 7. The first-order valence-corrected chi connectivity index (χ1v) is 34.2. The first kappa shape index (κ1) is 69.4. The molecule has 1 N–H and O–H groups in total. The highest BCUT2D eigenvalue weighted by atomic mass is 79.9. The molecule has 6 aliphatic rings. The van der Waals surface area contributed by atoms with E-state index in [2.05, 4.69) is 111 Å². The first-order valence-electron chi connectivity index (χ1n) is 32.3. The molecule has 2 aliphatic carbocycles. The Balaban J connectivity index is 0.000000135. The summed E-state index contributed by atoms with van der Waals surface area (Å²) in [5, 5.41) is 19.4. The predicted octanol–water partition coefficient (Wildman–Crippen LogP) is 16.1. The number of phenolic OH excluding ortho intramolecular Hbond substituents is 1. The van der Waals surface area contributed by atoms with Gasteiger partial charge in [-0.1, -0.05) is 11.6 Å². The first-order chi connectivity index (χ1) is 44.7. The van der Waals surface area contributed by atoms with Crippen LogP contribution in [0.2, 0.25) is 5.15 Å². The average Bonchev–Trinajstić information content (AvgIpc) is 1.07. The molecule has 18 nitrogen and oxygen atoms in total. The van der Waals surface area contributed by atoms with E-state index in [4.69, 9.17) is 30.4 Å². The lowest BCUT2D eigenvalue weighted by Crippen LogP contribution is -2.41. The SMILES string of the molecule is CC(=O)N1c2ccc(-c3cnn(C4CC4)c3)c(Oc3cc(C)ccn3)c2CC[C@@H]1C.CC(=O)N1c2ccc(Br)c(O)c2CC[C@@H]1C.CC(=O)N1c2ccc(Br)c(Oc3cc(C)ccn3)c2CC[C@@H]1C.CC1(C)OB(c2cnn(C3CC3)c2)OC1(C)C.Cc1ccnc(Cl)c1. The van der Waals surface area contributed by atoms with Gasteiger partial charge >= 0.3 is 7.12 Å². The van der Waals surface area contributed by atoms with Gasteiger partial charge in [-0.2, -0.15) is 10.2 Å². The van der Waals surface area contributed by atoms with E-state index in [0.717, 1.165) is 122 Å². The molecule has 8 aromatic rings. The molecule has 1 saturated heterocycles. The largest absolute Gasteiger partial charge is 0.506 e. The number of phenols is 1. The van der Waals surface area contributed by atoms with Crippen LogP contribution in [-0.4, -0.2) is 93.8 Å². The van der Waals surface area contributed by atoms with Gasteiger partial charge in [-0.05, 0) is 243 Å². The number of benzene rings is 3. The lowest BCUT2D eigenvalue weighted by atomic mass is 9.82. The molecule has 3 fully saturated rings. The summed E-state index contributed by atoms with van der Waals surface area (Å²) in [4.78, 5) is 54.0. The molecule has 3 atom stereocenters. The number of fused-ring (bicyclic) bond motifs is 3. The lowest BCUT2D eigenvalue weighted by Gasteiger charge is -2.35. The second kappa shape index (κ2) is 29.3. The maximum atomic E-state index is 12.4. The maximum absolute atomic E-state index is 12.4. The molecule has 4 aliphatic heterocycles. The van der Waals surface area contributed by atoms with Crippen molar-refractivity contribution in [2.24, 2.45) is 0 Å². The van der Waals surface area contributed by atoms with E-state index in [1.165, 1.54) is 25.7 Å². The number of hydrogen-bond donors (Lipinski definition) is 1. The number of rotatable bonds is 8. The molecular formula is C72H84BBr2ClN10O8. The molecule has 22 heteroatoms. The van der Waals surface area contributed by atoms with Gasteiger partial charge in [0.2, 0.25) is 29.5 Å². The minimum absolute atomic E-state index is 0.0233. The summed E-state index contributed by atoms with van der Waals surface area (Å²) in [5.74, 6) is 3.04. The van der Waals surface area contributed by atoms with Crippen molar-refractivity contribution in [1.29, 1.82) is 0 Å². The Bertz CT molecular complexity index is 4050. The number of aromatic hydroxyl groups is 1. The zero-order valence-electron chi connectivity index (χ0n) is 55.9. The van der Waals surface area contributed by atoms with Crippen LogP contribution in [0.15, 0.2) is 125 Å². The van der Waals surface area contributed by atoms with Crippen LogP contribution in [0.25, 0.3) is 11.1 Å². The summed E-state index contributed by atoms with van der Waals surface area (Å²) in [7, 11) is -0.285. The zero-order valence-corrected chi connectivity index (χ0v) is 59.8. The fourth-order valence-corrected chi connectivity index (χ4v) is 13.2. The molecule has 0 bridgehead atoms. The van der Waals surface area contributed by atoms with Gasteiger partial charge in [-0.3, -0.25) is 23.7 Å². The van der Waals surface area contributed by atoms with Crippen LogP contribution >= 0.6 is 43.5 Å². The van der Waals surface area contributed by atoms with Gasteiger partial charge in [0.1, 0.15) is 22.4 Å². The van der Waals surface area contributed by atoms with Gasteiger partial charge in [0, 0.05) is 121 Å². The number of carbonyl (C=O) groups is 3. The van der Waals surface area contributed by atoms with Crippen molar-refractivity contribution in [2.75, 3.05) is 14.7 Å². The summed E-state index contributed by atoms with van der Waals surface area (Å²) in [6.45, 7) is 25.3. The highest BCUT2D eigenvalue weighted by molar-refractivity contribution is 9.11. The van der Waals surface area contributed by atoms with Crippen LogP contribution in [0.5, 0.6) is 29.0 Å². The minimum Gasteiger partial charge on any atom is -0.506 e. The molecule has 494 valence electrons. The van der Waals surface area contributed by atoms with E-state index in [1.54, 1.807) is 50.3 Å². The van der Waals surface area contributed by atoms with Crippen LogP contribution in [-0.2, 0) is 43.0 Å². The molecule has 9 heterocycles. The highest BCUT2D eigenvalue weighted by Gasteiger charge is 2.52. The van der Waals surface area contributed by atoms with E-state index in [1.807, 2.05) is 126 Å². The van der Waals surface area contributed by atoms with Crippen LogP contribution < -0.4 is 29.6 Å². The quantitative estimate of drug-likeness (QED) is 0.112. The Kier molecular flexibility index (Phi) is 21.6. The molecule has 0 unspecified atom stereocenters. The van der Waals surface area contributed by atoms with Crippen molar-refractivity contribution < 1.29 is 38.3 Å². The summed E-state index contributed by atoms with van der Waals surface area (Å²) in [6.07, 6.45) is 23.2. The van der Waals surface area contributed by atoms with Gasteiger partial charge in [0.05, 0.1) is 55.5 Å². The molecule has 0 radical (unpaired) electrons. The van der Waals surface area contributed by atoms with E-state index >= 15 is 0 Å². The third-order valence-electron chi connectivity index (χ3n) is 18.2.